The van der Waals surface area contributed by atoms with Gasteiger partial charge in [-0.15, -0.1) is 0 Å². The van der Waals surface area contributed by atoms with Gasteiger partial charge in [0.15, 0.2) is 0 Å². The number of aliphatic imine (C=N–C) groups is 1. The summed E-state index contributed by atoms with van der Waals surface area (Å²) >= 11 is 0. The lowest BCUT2D eigenvalue weighted by molar-refractivity contribution is 0.407. The molecule has 3 N–H and O–H groups in total. The maximum Gasteiger partial charge on any atom is 0.331 e. The van der Waals surface area contributed by atoms with E-state index in [0.29, 0.717) is 25.1 Å². The van der Waals surface area contributed by atoms with Crippen LogP contribution in [0.2, 0.25) is 0 Å². The summed E-state index contributed by atoms with van der Waals surface area (Å²) in [4.78, 5) is 35.0. The summed E-state index contributed by atoms with van der Waals surface area (Å²) < 4.78 is 1.16. The summed E-state index contributed by atoms with van der Waals surface area (Å²) in [5.41, 5.74) is 2.30. The Kier molecular flexibility index (Phi) is 5.84. The van der Waals surface area contributed by atoms with E-state index in [1.165, 1.54) is 0 Å². The minimum Gasteiger partial charge on any atom is -0.494 e. The average Bonchev–Trinajstić information content (AvgIpc) is 3.19. The number of H-pyrrole nitrogens is 2. The highest BCUT2D eigenvalue weighted by atomic mass is 16.3. The van der Waals surface area contributed by atoms with Gasteiger partial charge in [-0.2, -0.15) is 0 Å². The van der Waals surface area contributed by atoms with Gasteiger partial charge in [-0.05, 0) is 30.0 Å². The van der Waals surface area contributed by atoms with Crippen LogP contribution in [0.1, 0.15) is 30.0 Å². The van der Waals surface area contributed by atoms with Crippen molar-refractivity contribution >= 4 is 16.6 Å². The number of hydrogen-bond acceptors (Lipinski definition) is 4. The number of benzene rings is 2. The lowest BCUT2D eigenvalue weighted by Crippen LogP contribution is -2.34. The van der Waals surface area contributed by atoms with Crippen molar-refractivity contribution in [2.24, 2.45) is 4.99 Å². The van der Waals surface area contributed by atoms with E-state index in [9.17, 15) is 14.7 Å². The third kappa shape index (κ3) is 4.21. The molecule has 0 aliphatic carbocycles. The molecule has 2 aromatic carbocycles. The minimum absolute atomic E-state index is 0.0527. The summed E-state index contributed by atoms with van der Waals surface area (Å²) in [6, 6.07) is 17.3. The zero-order valence-corrected chi connectivity index (χ0v) is 17.3. The van der Waals surface area contributed by atoms with Crippen molar-refractivity contribution < 1.29 is 5.11 Å². The molecule has 4 aromatic rings. The van der Waals surface area contributed by atoms with Gasteiger partial charge in [-0.25, -0.2) is 4.79 Å². The molecule has 0 aliphatic rings. The van der Waals surface area contributed by atoms with Crippen LogP contribution in [0.4, 0.5) is 0 Å². The molecule has 158 valence electrons. The Labute approximate surface area is 178 Å². The molecule has 31 heavy (non-hydrogen) atoms. The fraction of sp³-hybridized carbons (Fsp3) is 0.208. The lowest BCUT2D eigenvalue weighted by atomic mass is 10.1. The molecule has 0 amide bonds. The molecule has 0 spiro atoms. The molecule has 4 rings (SSSR count). The van der Waals surface area contributed by atoms with Gasteiger partial charge >= 0.3 is 5.69 Å². The van der Waals surface area contributed by atoms with Gasteiger partial charge in [0.1, 0.15) is 5.56 Å². The van der Waals surface area contributed by atoms with Crippen molar-refractivity contribution in [3.8, 4) is 5.88 Å². The number of nitrogens with zero attached hydrogens (tertiary/aromatic N) is 2. The standard InChI is InChI=1S/C24H24N4O3/c1-2-19(25-13-12-17-14-26-20-11-7-6-10-18(17)20)21-22(29)27-24(31)28(23(21)30)15-16-8-4-3-5-9-16/h3-11,14,26,30H,2,12-13,15H2,1H3,(H,27,29,31). The molecule has 0 fully saturated rings. The van der Waals surface area contributed by atoms with Crippen molar-refractivity contribution in [1.82, 2.24) is 14.5 Å². The summed E-state index contributed by atoms with van der Waals surface area (Å²) in [7, 11) is 0. The second kappa shape index (κ2) is 8.87. The molecular formula is C24H24N4O3. The van der Waals surface area contributed by atoms with Crippen molar-refractivity contribution in [3.05, 3.63) is 98.3 Å². The molecule has 0 bridgehead atoms. The smallest absolute Gasteiger partial charge is 0.331 e. The first kappa shape index (κ1) is 20.4. The number of fused-ring (bicyclic) bond motifs is 1. The highest BCUT2D eigenvalue weighted by Gasteiger charge is 2.18. The zero-order valence-electron chi connectivity index (χ0n) is 17.3. The highest BCUT2D eigenvalue weighted by molar-refractivity contribution is 6.01. The lowest BCUT2D eigenvalue weighted by Gasteiger charge is -2.12. The van der Waals surface area contributed by atoms with Gasteiger partial charge in [0.25, 0.3) is 5.56 Å². The van der Waals surface area contributed by atoms with Crippen LogP contribution in [0.3, 0.4) is 0 Å². The maximum atomic E-state index is 12.5. The van der Waals surface area contributed by atoms with Crippen LogP contribution in [0.15, 0.2) is 75.4 Å². The summed E-state index contributed by atoms with van der Waals surface area (Å²) in [6.45, 7) is 2.49. The number of rotatable bonds is 7. The Balaban J connectivity index is 1.63. The van der Waals surface area contributed by atoms with Gasteiger partial charge in [-0.3, -0.25) is 19.3 Å². The molecule has 0 aliphatic heterocycles. The Morgan fingerprint density at radius 2 is 1.81 bits per heavy atom. The van der Waals surface area contributed by atoms with Crippen LogP contribution < -0.4 is 11.2 Å². The van der Waals surface area contributed by atoms with Crippen LogP contribution in [0.25, 0.3) is 10.9 Å². The van der Waals surface area contributed by atoms with Gasteiger partial charge < -0.3 is 10.1 Å². The predicted molar refractivity (Wildman–Crippen MR) is 122 cm³/mol. The Hall–Kier alpha value is -3.87. The Bertz CT molecular complexity index is 1350. The number of aromatic hydroxyl groups is 1. The van der Waals surface area contributed by atoms with Crippen molar-refractivity contribution in [2.75, 3.05) is 6.54 Å². The molecule has 7 heteroatoms. The normalized spacial score (nSPS) is 11.8. The fourth-order valence-electron chi connectivity index (χ4n) is 3.75. The van der Waals surface area contributed by atoms with Gasteiger partial charge in [0.05, 0.1) is 12.3 Å². The molecule has 0 saturated carbocycles. The number of hydrogen-bond donors (Lipinski definition) is 3. The molecule has 2 aromatic heterocycles. The maximum absolute atomic E-state index is 12.5. The summed E-state index contributed by atoms with van der Waals surface area (Å²) in [6.07, 6.45) is 3.11. The number of para-hydroxylation sites is 1. The average molecular weight is 416 g/mol. The minimum atomic E-state index is -0.649. The van der Waals surface area contributed by atoms with E-state index in [-0.39, 0.29) is 18.0 Å². The summed E-state index contributed by atoms with van der Waals surface area (Å²) in [5.74, 6) is -0.356. The van der Waals surface area contributed by atoms with Crippen LogP contribution in [0, 0.1) is 0 Å². The monoisotopic (exact) mass is 416 g/mol. The quantitative estimate of drug-likeness (QED) is 0.403. The second-order valence-corrected chi connectivity index (χ2v) is 7.32. The van der Waals surface area contributed by atoms with Gasteiger partial charge in [0, 0.05) is 23.6 Å². The van der Waals surface area contributed by atoms with Crippen LogP contribution in [-0.4, -0.2) is 31.9 Å². The Morgan fingerprint density at radius 1 is 1.06 bits per heavy atom. The third-order valence-electron chi connectivity index (χ3n) is 5.34. The zero-order chi connectivity index (χ0) is 21.8. The van der Waals surface area contributed by atoms with Crippen LogP contribution >= 0.6 is 0 Å². The summed E-state index contributed by atoms with van der Waals surface area (Å²) in [5, 5.41) is 11.9. The van der Waals surface area contributed by atoms with Crippen molar-refractivity contribution in [1.29, 1.82) is 0 Å². The van der Waals surface area contributed by atoms with Gasteiger partial charge in [0.2, 0.25) is 5.88 Å². The van der Waals surface area contributed by atoms with E-state index >= 15 is 0 Å². The molecule has 0 atom stereocenters. The highest BCUT2D eigenvalue weighted by Crippen LogP contribution is 2.19. The molecule has 2 heterocycles. The molecule has 7 nitrogen and oxygen atoms in total. The number of aromatic amines is 2. The van der Waals surface area contributed by atoms with Gasteiger partial charge in [-0.1, -0.05) is 55.5 Å². The van der Waals surface area contributed by atoms with E-state index in [1.807, 2.05) is 61.7 Å². The van der Waals surface area contributed by atoms with Crippen LogP contribution in [-0.2, 0) is 13.0 Å². The first-order valence-electron chi connectivity index (χ1n) is 10.3. The topological polar surface area (TPSA) is 103 Å². The SMILES string of the molecule is CCC(=NCCc1c[nH]c2ccccc12)c1c(O)n(Cc2ccccc2)c(=O)[nH]c1=O. The van der Waals surface area contributed by atoms with Crippen molar-refractivity contribution in [3.63, 3.8) is 0 Å². The Morgan fingerprint density at radius 3 is 2.58 bits per heavy atom. The fourth-order valence-corrected chi connectivity index (χ4v) is 3.75. The van der Waals surface area contributed by atoms with E-state index in [1.54, 1.807) is 0 Å². The number of nitrogens with one attached hydrogen (secondary N) is 2. The molecule has 0 saturated heterocycles. The molecule has 0 radical (unpaired) electrons. The van der Waals surface area contributed by atoms with E-state index in [0.717, 1.165) is 26.6 Å². The van der Waals surface area contributed by atoms with E-state index in [4.69, 9.17) is 0 Å². The van der Waals surface area contributed by atoms with E-state index < -0.39 is 11.2 Å². The first-order chi connectivity index (χ1) is 15.1. The third-order valence-corrected chi connectivity index (χ3v) is 5.34. The molecular weight excluding hydrogens is 392 g/mol. The predicted octanol–water partition coefficient (Wildman–Crippen LogP) is 3.21. The van der Waals surface area contributed by atoms with Crippen LogP contribution in [0.5, 0.6) is 5.88 Å². The van der Waals surface area contributed by atoms with Crippen molar-refractivity contribution in [2.45, 2.75) is 26.3 Å². The molecule has 0 unspecified atom stereocenters. The second-order valence-electron chi connectivity index (χ2n) is 7.32. The largest absolute Gasteiger partial charge is 0.494 e. The number of aromatic nitrogens is 3. The first-order valence-corrected chi connectivity index (χ1v) is 10.3. The van der Waals surface area contributed by atoms with E-state index in [2.05, 4.69) is 21.0 Å².